The molecule has 3 N–H and O–H groups in total. The minimum atomic E-state index is -1.26. The molecular weight excluding hydrogens is 507 g/mol. The van der Waals surface area contributed by atoms with Gasteiger partial charge >= 0.3 is 12.1 Å². The van der Waals surface area contributed by atoms with Gasteiger partial charge in [-0.3, -0.25) is 0 Å². The topological polar surface area (TPSA) is 136 Å². The third-order valence-electron chi connectivity index (χ3n) is 5.73. The van der Waals surface area contributed by atoms with Crippen LogP contribution in [0.5, 0.6) is 5.75 Å². The highest BCUT2D eigenvalue weighted by atomic mass is 19.1. The van der Waals surface area contributed by atoms with Crippen LogP contribution in [0.25, 0.3) is 0 Å². The molecule has 0 bridgehead atoms. The van der Waals surface area contributed by atoms with E-state index in [1.165, 1.54) is 17.0 Å². The van der Waals surface area contributed by atoms with Crippen molar-refractivity contribution in [1.29, 1.82) is 0 Å². The number of aliphatic hydroxyl groups excluding tert-OH is 1. The number of amides is 1. The number of aliphatic hydroxyl groups is 1. The first kappa shape index (κ1) is 29.8. The highest BCUT2D eigenvalue weighted by Crippen LogP contribution is 2.43. The number of azo groups is 1. The molecule has 1 unspecified atom stereocenters. The number of carbonyl (C=O) groups is 2. The molecule has 11 heteroatoms. The van der Waals surface area contributed by atoms with Crippen molar-refractivity contribution < 1.29 is 33.3 Å². The van der Waals surface area contributed by atoms with Gasteiger partial charge in [0.25, 0.3) is 0 Å². The van der Waals surface area contributed by atoms with Gasteiger partial charge in [-0.15, -0.1) is 0 Å². The van der Waals surface area contributed by atoms with Crippen molar-refractivity contribution in [2.24, 2.45) is 10.2 Å². The van der Waals surface area contributed by atoms with Gasteiger partial charge in [0.2, 0.25) is 5.54 Å². The molecule has 10 nitrogen and oxygen atoms in total. The molecular formula is C28H37FN4O6. The van der Waals surface area contributed by atoms with Gasteiger partial charge in [0.15, 0.2) is 0 Å². The molecule has 0 spiro atoms. The molecule has 1 aliphatic rings. The van der Waals surface area contributed by atoms with Crippen LogP contribution in [0.3, 0.4) is 0 Å². The number of hydrogen-bond donors (Lipinski definition) is 2. The molecule has 0 aliphatic carbocycles. The SMILES string of the molecule is CC(C)(C)OC(=O)N(CCOc1ccc2c(c1)N=N[C@@]2(C)C(=O)OC(C)(C)C)CC(O)c1ccc(F)c(N)c1. The van der Waals surface area contributed by atoms with Crippen LogP contribution in [0.15, 0.2) is 46.6 Å². The van der Waals surface area contributed by atoms with E-state index in [0.29, 0.717) is 22.6 Å². The summed E-state index contributed by atoms with van der Waals surface area (Å²) in [6, 6.07) is 8.95. The summed E-state index contributed by atoms with van der Waals surface area (Å²) in [4.78, 5) is 26.9. The van der Waals surface area contributed by atoms with E-state index < -0.39 is 40.7 Å². The molecule has 0 saturated heterocycles. The molecule has 3 rings (SSSR count). The molecule has 39 heavy (non-hydrogen) atoms. The molecule has 1 heterocycles. The quantitative estimate of drug-likeness (QED) is 0.335. The molecule has 2 atom stereocenters. The number of nitrogens with zero attached hydrogens (tertiary/aromatic N) is 3. The smallest absolute Gasteiger partial charge is 0.410 e. The van der Waals surface area contributed by atoms with Gasteiger partial charge in [-0.25, -0.2) is 14.0 Å². The zero-order valence-corrected chi connectivity index (χ0v) is 23.4. The summed E-state index contributed by atoms with van der Waals surface area (Å²) >= 11 is 0. The van der Waals surface area contributed by atoms with Crippen molar-refractivity contribution in [3.63, 3.8) is 0 Å². The maximum Gasteiger partial charge on any atom is 0.410 e. The minimum absolute atomic E-state index is 0.0663. The molecule has 0 saturated carbocycles. The van der Waals surface area contributed by atoms with Crippen molar-refractivity contribution in [3.8, 4) is 5.75 Å². The third kappa shape index (κ3) is 7.66. The second kappa shape index (κ2) is 11.2. The largest absolute Gasteiger partial charge is 0.492 e. The van der Waals surface area contributed by atoms with Crippen molar-refractivity contribution >= 4 is 23.4 Å². The first-order chi connectivity index (χ1) is 18.0. The van der Waals surface area contributed by atoms with Gasteiger partial charge in [0.05, 0.1) is 30.6 Å². The van der Waals surface area contributed by atoms with Crippen LogP contribution >= 0.6 is 0 Å². The number of esters is 1. The maximum absolute atomic E-state index is 13.6. The zero-order valence-electron chi connectivity index (χ0n) is 23.4. The van der Waals surface area contributed by atoms with E-state index in [2.05, 4.69) is 10.2 Å². The number of ether oxygens (including phenoxy) is 3. The molecule has 0 fully saturated rings. The number of fused-ring (bicyclic) bond motifs is 1. The Kier molecular flexibility index (Phi) is 8.54. The van der Waals surface area contributed by atoms with Crippen LogP contribution < -0.4 is 10.5 Å². The summed E-state index contributed by atoms with van der Waals surface area (Å²) in [5.74, 6) is -0.638. The Labute approximate surface area is 227 Å². The molecule has 0 radical (unpaired) electrons. The summed E-state index contributed by atoms with van der Waals surface area (Å²) in [5, 5.41) is 19.0. The fourth-order valence-electron chi connectivity index (χ4n) is 3.77. The van der Waals surface area contributed by atoms with Crippen LogP contribution in [0.4, 0.5) is 20.6 Å². The van der Waals surface area contributed by atoms with Crippen LogP contribution in [0.2, 0.25) is 0 Å². The predicted octanol–water partition coefficient (Wildman–Crippen LogP) is 5.41. The second-order valence-electron chi connectivity index (χ2n) is 11.5. The monoisotopic (exact) mass is 544 g/mol. The van der Waals surface area contributed by atoms with Crippen molar-refractivity contribution in [3.05, 3.63) is 53.3 Å². The van der Waals surface area contributed by atoms with Gasteiger partial charge in [-0.1, -0.05) is 12.1 Å². The Bertz CT molecular complexity index is 1250. The van der Waals surface area contributed by atoms with Crippen LogP contribution in [0, 0.1) is 5.82 Å². The van der Waals surface area contributed by atoms with Gasteiger partial charge < -0.3 is 30.0 Å². The van der Waals surface area contributed by atoms with Crippen LogP contribution in [0.1, 0.15) is 65.7 Å². The highest BCUT2D eigenvalue weighted by Gasteiger charge is 2.44. The van der Waals surface area contributed by atoms with E-state index in [-0.39, 0.29) is 25.4 Å². The summed E-state index contributed by atoms with van der Waals surface area (Å²) in [7, 11) is 0. The number of hydrogen-bond acceptors (Lipinski definition) is 9. The first-order valence-corrected chi connectivity index (χ1v) is 12.6. The predicted molar refractivity (Wildman–Crippen MR) is 143 cm³/mol. The third-order valence-corrected chi connectivity index (χ3v) is 5.73. The summed E-state index contributed by atoms with van der Waals surface area (Å²) in [5.41, 5.74) is 4.28. The average Bonchev–Trinajstić information content (AvgIpc) is 3.15. The number of halogens is 1. The zero-order chi connectivity index (χ0) is 29.2. The summed E-state index contributed by atoms with van der Waals surface area (Å²) in [6.07, 6.45) is -1.78. The molecule has 0 aromatic heterocycles. The lowest BCUT2D eigenvalue weighted by Gasteiger charge is -2.29. The van der Waals surface area contributed by atoms with E-state index in [1.54, 1.807) is 66.7 Å². The molecule has 1 aliphatic heterocycles. The Hall–Kier alpha value is -3.73. The first-order valence-electron chi connectivity index (χ1n) is 12.6. The Balaban J connectivity index is 1.69. The fourth-order valence-corrected chi connectivity index (χ4v) is 3.77. The summed E-state index contributed by atoms with van der Waals surface area (Å²) < 4.78 is 30.4. The lowest BCUT2D eigenvalue weighted by Crippen LogP contribution is -2.41. The van der Waals surface area contributed by atoms with Gasteiger partial charge in [-0.2, -0.15) is 10.2 Å². The number of rotatable bonds is 8. The second-order valence-corrected chi connectivity index (χ2v) is 11.5. The number of nitrogen functional groups attached to an aromatic ring is 1. The fraction of sp³-hybridized carbons (Fsp3) is 0.500. The van der Waals surface area contributed by atoms with E-state index >= 15 is 0 Å². The van der Waals surface area contributed by atoms with Crippen molar-refractivity contribution in [1.82, 2.24) is 4.90 Å². The van der Waals surface area contributed by atoms with Crippen molar-refractivity contribution in [2.45, 2.75) is 71.3 Å². The van der Waals surface area contributed by atoms with Gasteiger partial charge in [0.1, 0.15) is 29.4 Å². The molecule has 2 aromatic carbocycles. The highest BCUT2D eigenvalue weighted by molar-refractivity contribution is 5.86. The average molecular weight is 545 g/mol. The number of anilines is 1. The van der Waals surface area contributed by atoms with E-state index in [0.717, 1.165) is 6.07 Å². The van der Waals surface area contributed by atoms with Crippen LogP contribution in [-0.2, 0) is 19.8 Å². The normalized spacial score (nSPS) is 17.4. The lowest BCUT2D eigenvalue weighted by atomic mass is 9.92. The van der Waals surface area contributed by atoms with E-state index in [1.807, 2.05) is 0 Å². The number of carbonyl (C=O) groups excluding carboxylic acids is 2. The van der Waals surface area contributed by atoms with Crippen LogP contribution in [-0.4, -0.2) is 53.0 Å². The summed E-state index contributed by atoms with van der Waals surface area (Å²) in [6.45, 7) is 12.2. The Morgan fingerprint density at radius 2 is 1.74 bits per heavy atom. The molecule has 212 valence electrons. The molecule has 2 aromatic rings. The standard InChI is InChI=1S/C28H37FN4O6/c1-26(2,3)38-24(35)28(7)19-10-9-18(15-22(19)31-32-28)37-13-12-33(25(36)39-27(4,5)6)16-23(34)17-8-11-20(29)21(30)14-17/h8-11,14-15,23,34H,12-13,16,30H2,1-7H3/t23?,28-/m1/s1. The Morgan fingerprint density at radius 3 is 2.36 bits per heavy atom. The number of benzene rings is 2. The molecule has 1 amide bonds. The lowest BCUT2D eigenvalue weighted by molar-refractivity contribution is -0.161. The van der Waals surface area contributed by atoms with Crippen molar-refractivity contribution in [2.75, 3.05) is 25.4 Å². The minimum Gasteiger partial charge on any atom is -0.492 e. The van der Waals surface area contributed by atoms with Gasteiger partial charge in [0, 0.05) is 11.6 Å². The van der Waals surface area contributed by atoms with E-state index in [9.17, 15) is 19.1 Å². The van der Waals surface area contributed by atoms with Gasteiger partial charge in [-0.05, 0) is 72.2 Å². The maximum atomic E-state index is 13.6. The van der Waals surface area contributed by atoms with E-state index in [4.69, 9.17) is 19.9 Å². The Morgan fingerprint density at radius 1 is 1.08 bits per heavy atom. The number of nitrogens with two attached hydrogens (primary N) is 1.